The van der Waals surface area contributed by atoms with E-state index in [1.807, 2.05) is 31.2 Å². The van der Waals surface area contributed by atoms with Gasteiger partial charge in [-0.2, -0.15) is 0 Å². The predicted molar refractivity (Wildman–Crippen MR) is 92.5 cm³/mol. The quantitative estimate of drug-likeness (QED) is 0.658. The molecule has 0 bridgehead atoms. The summed E-state index contributed by atoms with van der Waals surface area (Å²) in [7, 11) is 0. The van der Waals surface area contributed by atoms with Crippen molar-refractivity contribution < 1.29 is 19.8 Å². The summed E-state index contributed by atoms with van der Waals surface area (Å²) < 4.78 is 0. The van der Waals surface area contributed by atoms with Crippen molar-refractivity contribution in [2.24, 2.45) is 0 Å². The van der Waals surface area contributed by atoms with Crippen LogP contribution in [0.25, 0.3) is 6.08 Å². The normalized spacial score (nSPS) is 16.2. The second kappa shape index (κ2) is 6.41. The van der Waals surface area contributed by atoms with Crippen LogP contribution >= 0.6 is 11.8 Å². The zero-order valence-corrected chi connectivity index (χ0v) is 13.7. The number of hydrogen-bond acceptors (Lipinski definition) is 5. The van der Waals surface area contributed by atoms with Crippen molar-refractivity contribution in [2.75, 3.05) is 0 Å². The first-order valence-corrected chi connectivity index (χ1v) is 8.08. The van der Waals surface area contributed by atoms with Crippen LogP contribution in [0.2, 0.25) is 0 Å². The highest BCUT2D eigenvalue weighted by Crippen LogP contribution is 2.34. The molecule has 0 aliphatic carbocycles. The molecule has 3 rings (SSSR count). The standard InChI is InChI=1S/C18H15NO4S/c1-11-3-2-4-13(7-11)10-19-17(22)16(24-18(19)23)9-12-5-6-14(20)15(21)8-12/h2-9,20-21H,10H2,1H3/b16-9+. The summed E-state index contributed by atoms with van der Waals surface area (Å²) in [6.07, 6.45) is 1.53. The third kappa shape index (κ3) is 3.28. The van der Waals surface area contributed by atoms with E-state index in [1.165, 1.54) is 23.1 Å². The van der Waals surface area contributed by atoms with Crippen LogP contribution in [-0.2, 0) is 11.3 Å². The maximum absolute atomic E-state index is 12.5. The third-order valence-corrected chi connectivity index (χ3v) is 4.50. The molecule has 2 aromatic rings. The predicted octanol–water partition coefficient (Wildman–Crippen LogP) is 3.64. The van der Waals surface area contributed by atoms with Gasteiger partial charge in [0.25, 0.3) is 11.1 Å². The average Bonchev–Trinajstić information content (AvgIpc) is 2.79. The molecule has 0 spiro atoms. The van der Waals surface area contributed by atoms with Gasteiger partial charge in [-0.1, -0.05) is 35.9 Å². The summed E-state index contributed by atoms with van der Waals surface area (Å²) in [5.41, 5.74) is 2.49. The minimum Gasteiger partial charge on any atom is -0.504 e. The van der Waals surface area contributed by atoms with Crippen molar-refractivity contribution >= 4 is 29.0 Å². The lowest BCUT2D eigenvalue weighted by molar-refractivity contribution is -0.123. The van der Waals surface area contributed by atoms with E-state index in [0.717, 1.165) is 22.9 Å². The molecule has 6 heteroatoms. The molecule has 0 radical (unpaired) electrons. The number of amides is 2. The Labute approximate surface area is 143 Å². The van der Waals surface area contributed by atoms with Gasteiger partial charge in [0.1, 0.15) is 0 Å². The lowest BCUT2D eigenvalue weighted by atomic mass is 10.1. The van der Waals surface area contributed by atoms with E-state index in [4.69, 9.17) is 0 Å². The Bertz CT molecular complexity index is 860. The second-order valence-corrected chi connectivity index (χ2v) is 6.50. The van der Waals surface area contributed by atoms with Gasteiger partial charge in [-0.3, -0.25) is 14.5 Å². The van der Waals surface area contributed by atoms with E-state index >= 15 is 0 Å². The largest absolute Gasteiger partial charge is 0.504 e. The number of rotatable bonds is 3. The Kier molecular flexibility index (Phi) is 4.31. The first-order valence-electron chi connectivity index (χ1n) is 7.27. The number of aryl methyl sites for hydroxylation is 1. The monoisotopic (exact) mass is 341 g/mol. The van der Waals surface area contributed by atoms with Gasteiger partial charge in [0, 0.05) is 0 Å². The average molecular weight is 341 g/mol. The topological polar surface area (TPSA) is 77.8 Å². The van der Waals surface area contributed by atoms with E-state index in [2.05, 4.69) is 0 Å². The third-order valence-electron chi connectivity index (χ3n) is 3.59. The van der Waals surface area contributed by atoms with Crippen LogP contribution < -0.4 is 0 Å². The fourth-order valence-electron chi connectivity index (χ4n) is 2.41. The fourth-order valence-corrected chi connectivity index (χ4v) is 3.25. The maximum Gasteiger partial charge on any atom is 0.293 e. The number of imide groups is 1. The Morgan fingerprint density at radius 3 is 2.58 bits per heavy atom. The lowest BCUT2D eigenvalue weighted by Crippen LogP contribution is -2.27. The van der Waals surface area contributed by atoms with Gasteiger partial charge in [0.05, 0.1) is 11.4 Å². The zero-order valence-electron chi connectivity index (χ0n) is 12.9. The molecule has 2 aromatic carbocycles. The minimum absolute atomic E-state index is 0.227. The SMILES string of the molecule is Cc1cccc(CN2C(=O)S/C(=C/c3ccc(O)c(O)c3)C2=O)c1. The Morgan fingerprint density at radius 1 is 1.08 bits per heavy atom. The number of aromatic hydroxyl groups is 2. The number of thioether (sulfide) groups is 1. The molecular formula is C18H15NO4S. The van der Waals surface area contributed by atoms with Crippen LogP contribution in [0.5, 0.6) is 11.5 Å². The summed E-state index contributed by atoms with van der Waals surface area (Å²) in [6, 6.07) is 11.9. The van der Waals surface area contributed by atoms with Crippen molar-refractivity contribution in [2.45, 2.75) is 13.5 Å². The zero-order chi connectivity index (χ0) is 17.3. The van der Waals surface area contributed by atoms with Crippen molar-refractivity contribution in [1.82, 2.24) is 4.90 Å². The first kappa shape index (κ1) is 16.1. The van der Waals surface area contributed by atoms with Gasteiger partial charge in [-0.25, -0.2) is 0 Å². The number of hydrogen-bond donors (Lipinski definition) is 2. The number of carbonyl (C=O) groups is 2. The van der Waals surface area contributed by atoms with Crippen molar-refractivity contribution in [3.8, 4) is 11.5 Å². The van der Waals surface area contributed by atoms with Crippen LogP contribution in [0.3, 0.4) is 0 Å². The van der Waals surface area contributed by atoms with Crippen molar-refractivity contribution in [1.29, 1.82) is 0 Å². The molecule has 1 aliphatic rings. The Hall–Kier alpha value is -2.73. The fraction of sp³-hybridized carbons (Fsp3) is 0.111. The second-order valence-electron chi connectivity index (χ2n) is 5.51. The summed E-state index contributed by atoms with van der Waals surface area (Å²) in [5.74, 6) is -0.874. The minimum atomic E-state index is -0.362. The van der Waals surface area contributed by atoms with Gasteiger partial charge >= 0.3 is 0 Å². The number of phenolic OH excluding ortho intramolecular Hbond substituents is 2. The Morgan fingerprint density at radius 2 is 1.88 bits per heavy atom. The number of nitrogens with zero attached hydrogens (tertiary/aromatic N) is 1. The molecule has 122 valence electrons. The number of phenols is 2. The Balaban J connectivity index is 1.83. The molecular weight excluding hydrogens is 326 g/mol. The van der Waals surface area contributed by atoms with E-state index in [1.54, 1.807) is 6.07 Å². The summed E-state index contributed by atoms with van der Waals surface area (Å²) in [4.78, 5) is 26.1. The van der Waals surface area contributed by atoms with Gasteiger partial charge in [0.2, 0.25) is 0 Å². The van der Waals surface area contributed by atoms with E-state index < -0.39 is 0 Å². The molecule has 5 nitrogen and oxygen atoms in total. The summed E-state index contributed by atoms with van der Waals surface area (Å²) in [5, 5.41) is 18.5. The van der Waals surface area contributed by atoms with Crippen molar-refractivity contribution in [3.63, 3.8) is 0 Å². The maximum atomic E-state index is 12.5. The lowest BCUT2D eigenvalue weighted by Gasteiger charge is -2.12. The highest BCUT2D eigenvalue weighted by Gasteiger charge is 2.34. The molecule has 0 unspecified atom stereocenters. The molecule has 2 N–H and O–H groups in total. The van der Waals surface area contributed by atoms with Gasteiger partial charge in [0.15, 0.2) is 11.5 Å². The van der Waals surface area contributed by atoms with Gasteiger partial charge in [-0.15, -0.1) is 0 Å². The molecule has 24 heavy (non-hydrogen) atoms. The molecule has 0 atom stereocenters. The highest BCUT2D eigenvalue weighted by atomic mass is 32.2. The molecule has 1 heterocycles. The molecule has 1 aliphatic heterocycles. The molecule has 2 amide bonds. The van der Waals surface area contributed by atoms with Crippen LogP contribution in [0, 0.1) is 6.92 Å². The summed E-state index contributed by atoms with van der Waals surface area (Å²) >= 11 is 0.865. The number of carbonyl (C=O) groups excluding carboxylic acids is 2. The van der Waals surface area contributed by atoms with Gasteiger partial charge in [-0.05, 0) is 48.0 Å². The molecule has 1 fully saturated rings. The summed E-state index contributed by atoms with van der Waals surface area (Å²) in [6.45, 7) is 2.18. The molecule has 0 aromatic heterocycles. The molecule has 0 saturated carbocycles. The first-order chi connectivity index (χ1) is 11.4. The van der Waals surface area contributed by atoms with Crippen LogP contribution in [0.15, 0.2) is 47.4 Å². The highest BCUT2D eigenvalue weighted by molar-refractivity contribution is 8.18. The van der Waals surface area contributed by atoms with Crippen molar-refractivity contribution in [3.05, 3.63) is 64.1 Å². The van der Waals surface area contributed by atoms with Crippen LogP contribution in [0.4, 0.5) is 4.79 Å². The van der Waals surface area contributed by atoms with E-state index in [-0.39, 0.29) is 34.1 Å². The van der Waals surface area contributed by atoms with E-state index in [0.29, 0.717) is 5.56 Å². The van der Waals surface area contributed by atoms with E-state index in [9.17, 15) is 19.8 Å². The smallest absolute Gasteiger partial charge is 0.293 e. The van der Waals surface area contributed by atoms with Crippen LogP contribution in [-0.4, -0.2) is 26.3 Å². The number of benzene rings is 2. The van der Waals surface area contributed by atoms with Crippen LogP contribution in [0.1, 0.15) is 16.7 Å². The van der Waals surface area contributed by atoms with Gasteiger partial charge < -0.3 is 10.2 Å². The molecule has 1 saturated heterocycles.